The van der Waals surface area contributed by atoms with E-state index in [1.54, 1.807) is 0 Å². The van der Waals surface area contributed by atoms with Gasteiger partial charge in [-0.25, -0.2) is 8.42 Å². The minimum atomic E-state index is -3.54. The van der Waals surface area contributed by atoms with Gasteiger partial charge in [-0.1, -0.05) is 0 Å². The van der Waals surface area contributed by atoms with Crippen molar-refractivity contribution in [2.45, 2.75) is 11.3 Å². The van der Waals surface area contributed by atoms with Crippen LogP contribution in [-0.2, 0) is 19.6 Å². The van der Waals surface area contributed by atoms with Gasteiger partial charge in [0.2, 0.25) is 10.0 Å². The van der Waals surface area contributed by atoms with Crippen molar-refractivity contribution in [2.75, 3.05) is 20.2 Å². The number of H-pyrrole nitrogens is 1. The lowest BCUT2D eigenvalue weighted by molar-refractivity contribution is -0.144. The molecule has 7 nitrogen and oxygen atoms in total. The molecule has 1 aliphatic heterocycles. The molecule has 1 N–H and O–H groups in total. The molecule has 1 fully saturated rings. The Morgan fingerprint density at radius 3 is 3.00 bits per heavy atom. The third-order valence-electron chi connectivity index (χ3n) is 2.80. The topological polar surface area (TPSA) is 92.4 Å². The second-order valence-corrected chi connectivity index (χ2v) is 5.74. The van der Waals surface area contributed by atoms with E-state index in [-0.39, 0.29) is 23.3 Å². The number of methoxy groups -OCH3 is 1. The van der Waals surface area contributed by atoms with Gasteiger partial charge in [0.25, 0.3) is 0 Å². The second-order valence-electron chi connectivity index (χ2n) is 3.81. The molecule has 0 aromatic carbocycles. The standard InChI is InChI=1S/C9H13N3O4S/c1-16-9(13)7-2-3-12(6-7)17(14,15)8-4-10-11-5-8/h4-5,7H,2-3,6H2,1H3,(H,10,11). The minimum absolute atomic E-state index is 0.114. The summed E-state index contributed by atoms with van der Waals surface area (Å²) in [5, 5.41) is 6.06. The molecule has 94 valence electrons. The van der Waals surface area contributed by atoms with Gasteiger partial charge in [-0.15, -0.1) is 0 Å². The van der Waals surface area contributed by atoms with Gasteiger partial charge in [0.1, 0.15) is 4.90 Å². The van der Waals surface area contributed by atoms with Gasteiger partial charge >= 0.3 is 5.97 Å². The number of nitrogens with zero attached hydrogens (tertiary/aromatic N) is 2. The highest BCUT2D eigenvalue weighted by Crippen LogP contribution is 2.24. The molecule has 0 spiro atoms. The molecular weight excluding hydrogens is 246 g/mol. The summed E-state index contributed by atoms with van der Waals surface area (Å²) >= 11 is 0. The number of sulfonamides is 1. The maximum absolute atomic E-state index is 12.1. The van der Waals surface area contributed by atoms with Crippen LogP contribution >= 0.6 is 0 Å². The first-order valence-corrected chi connectivity index (χ1v) is 6.56. The van der Waals surface area contributed by atoms with E-state index in [1.807, 2.05) is 0 Å². The molecule has 1 saturated heterocycles. The summed E-state index contributed by atoms with van der Waals surface area (Å²) in [5.41, 5.74) is 0. The van der Waals surface area contributed by atoms with E-state index >= 15 is 0 Å². The van der Waals surface area contributed by atoms with Gasteiger partial charge in [-0.3, -0.25) is 9.89 Å². The minimum Gasteiger partial charge on any atom is -0.469 e. The van der Waals surface area contributed by atoms with Crippen molar-refractivity contribution in [3.63, 3.8) is 0 Å². The van der Waals surface area contributed by atoms with Crippen molar-refractivity contribution >= 4 is 16.0 Å². The zero-order chi connectivity index (χ0) is 12.5. The van der Waals surface area contributed by atoms with Crippen LogP contribution in [0, 0.1) is 5.92 Å². The summed E-state index contributed by atoms with van der Waals surface area (Å²) in [6.07, 6.45) is 3.06. The Morgan fingerprint density at radius 2 is 2.41 bits per heavy atom. The Balaban J connectivity index is 2.14. The molecule has 8 heteroatoms. The molecule has 0 radical (unpaired) electrons. The Kier molecular flexibility index (Phi) is 3.16. The van der Waals surface area contributed by atoms with E-state index in [9.17, 15) is 13.2 Å². The summed E-state index contributed by atoms with van der Waals surface area (Å²) < 4.78 is 30.0. The maximum Gasteiger partial charge on any atom is 0.310 e. The summed E-state index contributed by atoms with van der Waals surface area (Å²) in [5.74, 6) is -0.739. The van der Waals surface area contributed by atoms with Crippen molar-refractivity contribution in [3.8, 4) is 0 Å². The van der Waals surface area contributed by atoms with Gasteiger partial charge in [0, 0.05) is 19.3 Å². The Bertz CT molecular complexity index is 496. The second kappa shape index (κ2) is 4.46. The largest absolute Gasteiger partial charge is 0.469 e. The first-order valence-electron chi connectivity index (χ1n) is 5.12. The fourth-order valence-electron chi connectivity index (χ4n) is 1.83. The van der Waals surface area contributed by atoms with Crippen LogP contribution < -0.4 is 0 Å². The lowest BCUT2D eigenvalue weighted by Crippen LogP contribution is -2.30. The van der Waals surface area contributed by atoms with Gasteiger partial charge in [0.05, 0.1) is 19.2 Å². The predicted molar refractivity (Wildman–Crippen MR) is 57.5 cm³/mol. The first-order chi connectivity index (χ1) is 8.05. The van der Waals surface area contributed by atoms with E-state index < -0.39 is 10.0 Å². The fourth-order valence-corrected chi connectivity index (χ4v) is 3.24. The highest BCUT2D eigenvalue weighted by molar-refractivity contribution is 7.89. The van der Waals surface area contributed by atoms with Crippen LogP contribution in [-0.4, -0.2) is 49.1 Å². The molecular formula is C9H13N3O4S. The van der Waals surface area contributed by atoms with Gasteiger partial charge in [-0.05, 0) is 6.42 Å². The molecule has 0 saturated carbocycles. The summed E-state index contributed by atoms with van der Waals surface area (Å²) in [4.78, 5) is 11.4. The molecule has 0 amide bonds. The van der Waals surface area contributed by atoms with Crippen molar-refractivity contribution in [3.05, 3.63) is 12.4 Å². The van der Waals surface area contributed by atoms with Crippen molar-refractivity contribution in [1.29, 1.82) is 0 Å². The highest BCUT2D eigenvalue weighted by Gasteiger charge is 2.36. The molecule has 17 heavy (non-hydrogen) atoms. The number of rotatable bonds is 3. The van der Waals surface area contributed by atoms with Gasteiger partial charge in [0.15, 0.2) is 0 Å². The predicted octanol–water partition coefficient (Wildman–Crippen LogP) is -0.407. The summed E-state index contributed by atoms with van der Waals surface area (Å²) in [7, 11) is -2.24. The number of nitrogens with one attached hydrogen (secondary N) is 1. The summed E-state index contributed by atoms with van der Waals surface area (Å²) in [6, 6.07) is 0. The maximum atomic E-state index is 12.1. The molecule has 1 aliphatic rings. The molecule has 0 aliphatic carbocycles. The number of carbonyl (C=O) groups excluding carboxylic acids is 1. The number of esters is 1. The third kappa shape index (κ3) is 2.18. The lowest BCUT2D eigenvalue weighted by Gasteiger charge is -2.14. The molecule has 2 rings (SSSR count). The van der Waals surface area contributed by atoms with E-state index in [2.05, 4.69) is 14.9 Å². The quantitative estimate of drug-likeness (QED) is 0.745. The number of carbonyl (C=O) groups is 1. The fraction of sp³-hybridized carbons (Fsp3) is 0.556. The van der Waals surface area contributed by atoms with E-state index in [0.717, 1.165) is 0 Å². The van der Waals surface area contributed by atoms with Crippen LogP contribution in [0.15, 0.2) is 17.3 Å². The number of hydrogen-bond donors (Lipinski definition) is 1. The Labute approximate surface area is 98.8 Å². The smallest absolute Gasteiger partial charge is 0.310 e. The lowest BCUT2D eigenvalue weighted by atomic mass is 10.1. The van der Waals surface area contributed by atoms with Crippen LogP contribution in [0.1, 0.15) is 6.42 Å². The van der Waals surface area contributed by atoms with Gasteiger partial charge < -0.3 is 4.74 Å². The molecule has 1 unspecified atom stereocenters. The zero-order valence-electron chi connectivity index (χ0n) is 9.29. The normalized spacial score (nSPS) is 21.6. The van der Waals surface area contributed by atoms with Crippen LogP contribution in [0.25, 0.3) is 0 Å². The Hall–Kier alpha value is -1.41. The van der Waals surface area contributed by atoms with E-state index in [1.165, 1.54) is 23.8 Å². The first kappa shape index (κ1) is 12.1. The molecule has 1 atom stereocenters. The number of ether oxygens (including phenoxy) is 1. The molecule has 0 bridgehead atoms. The van der Waals surface area contributed by atoms with Crippen LogP contribution in [0.5, 0.6) is 0 Å². The van der Waals surface area contributed by atoms with Crippen molar-refractivity contribution < 1.29 is 17.9 Å². The SMILES string of the molecule is COC(=O)C1CCN(S(=O)(=O)c2cn[nH]c2)C1. The summed E-state index contributed by atoms with van der Waals surface area (Å²) in [6.45, 7) is 0.494. The average Bonchev–Trinajstić information content (AvgIpc) is 2.98. The highest BCUT2D eigenvalue weighted by atomic mass is 32.2. The Morgan fingerprint density at radius 1 is 1.65 bits per heavy atom. The number of aromatic amines is 1. The average molecular weight is 259 g/mol. The molecule has 2 heterocycles. The zero-order valence-corrected chi connectivity index (χ0v) is 10.1. The van der Waals surface area contributed by atoms with Crippen LogP contribution in [0.2, 0.25) is 0 Å². The van der Waals surface area contributed by atoms with Crippen molar-refractivity contribution in [1.82, 2.24) is 14.5 Å². The number of aromatic nitrogens is 2. The third-order valence-corrected chi connectivity index (χ3v) is 4.63. The molecule has 1 aromatic rings. The number of hydrogen-bond acceptors (Lipinski definition) is 5. The van der Waals surface area contributed by atoms with E-state index in [4.69, 9.17) is 0 Å². The van der Waals surface area contributed by atoms with Crippen molar-refractivity contribution in [2.24, 2.45) is 5.92 Å². The van der Waals surface area contributed by atoms with E-state index in [0.29, 0.717) is 13.0 Å². The van der Waals surface area contributed by atoms with Crippen LogP contribution in [0.4, 0.5) is 0 Å². The van der Waals surface area contributed by atoms with Crippen LogP contribution in [0.3, 0.4) is 0 Å². The monoisotopic (exact) mass is 259 g/mol. The molecule has 1 aromatic heterocycles. The van der Waals surface area contributed by atoms with Gasteiger partial charge in [-0.2, -0.15) is 9.40 Å².